The molecule has 0 unspecified atom stereocenters. The summed E-state index contributed by atoms with van der Waals surface area (Å²) in [5.41, 5.74) is 2.38. The first-order valence-corrected chi connectivity index (χ1v) is 7.76. The first-order chi connectivity index (χ1) is 11.6. The average Bonchev–Trinajstić information content (AvgIpc) is 3.01. The molecule has 2 aromatic carbocycles. The van der Waals surface area contributed by atoms with Gasteiger partial charge in [0.2, 0.25) is 5.91 Å². The van der Waals surface area contributed by atoms with E-state index in [0.29, 0.717) is 35.4 Å². The first kappa shape index (κ1) is 16.3. The second-order valence-electron chi connectivity index (χ2n) is 5.64. The number of amides is 1. The highest BCUT2D eigenvalue weighted by Gasteiger charge is 2.26. The minimum absolute atomic E-state index is 0.0548. The predicted molar refractivity (Wildman–Crippen MR) is 86.9 cm³/mol. The summed E-state index contributed by atoms with van der Waals surface area (Å²) in [5.74, 6) is -0.805. The van der Waals surface area contributed by atoms with Crippen molar-refractivity contribution in [1.82, 2.24) is 4.90 Å². The van der Waals surface area contributed by atoms with Crippen LogP contribution in [0.1, 0.15) is 24.0 Å². The lowest BCUT2D eigenvalue weighted by atomic mass is 9.95. The zero-order valence-corrected chi connectivity index (χ0v) is 13.0. The maximum absolute atomic E-state index is 13.3. The van der Waals surface area contributed by atoms with E-state index in [-0.39, 0.29) is 24.1 Å². The molecule has 1 aliphatic rings. The molecule has 3 nitrogen and oxygen atoms in total. The van der Waals surface area contributed by atoms with Crippen molar-refractivity contribution in [2.24, 2.45) is 0 Å². The third-order valence-corrected chi connectivity index (χ3v) is 4.10. The van der Waals surface area contributed by atoms with Gasteiger partial charge in [-0.05, 0) is 41.8 Å². The van der Waals surface area contributed by atoms with Crippen LogP contribution in [0.15, 0.2) is 54.2 Å². The maximum Gasteiger partial charge on any atom is 0.226 e. The van der Waals surface area contributed by atoms with Crippen LogP contribution < -0.4 is 0 Å². The Morgan fingerprint density at radius 3 is 1.83 bits per heavy atom. The summed E-state index contributed by atoms with van der Waals surface area (Å²) >= 11 is 0. The van der Waals surface area contributed by atoms with Gasteiger partial charge in [-0.15, -0.1) is 0 Å². The predicted octanol–water partition coefficient (Wildman–Crippen LogP) is 3.34. The molecular formula is C19H17F2NO2. The van der Waals surface area contributed by atoms with Crippen molar-refractivity contribution in [3.63, 3.8) is 0 Å². The molecule has 0 bridgehead atoms. The Balaban J connectivity index is 2.19. The molecule has 124 valence electrons. The molecule has 0 spiro atoms. The van der Waals surface area contributed by atoms with Crippen LogP contribution in [0.3, 0.4) is 0 Å². The molecule has 0 aromatic heterocycles. The number of carbonyl (C=O) groups is 1. The average molecular weight is 329 g/mol. The minimum Gasteiger partial charge on any atom is -0.390 e. The summed E-state index contributed by atoms with van der Waals surface area (Å²) in [7, 11) is 0. The normalized spacial score (nSPS) is 14.1. The quantitative estimate of drug-likeness (QED) is 0.935. The number of aliphatic hydroxyl groups excluding tert-OH is 1. The molecule has 0 radical (unpaired) electrons. The van der Waals surface area contributed by atoms with Gasteiger partial charge in [-0.25, -0.2) is 8.78 Å². The second-order valence-corrected chi connectivity index (χ2v) is 5.64. The lowest BCUT2D eigenvalue weighted by Crippen LogP contribution is -2.27. The number of likely N-dealkylation sites (tertiary alicyclic amines) is 1. The number of benzene rings is 2. The highest BCUT2D eigenvalue weighted by atomic mass is 19.1. The fourth-order valence-corrected chi connectivity index (χ4v) is 2.97. The van der Waals surface area contributed by atoms with E-state index in [1.165, 1.54) is 24.3 Å². The summed E-state index contributed by atoms with van der Waals surface area (Å²) in [5, 5.41) is 9.91. The van der Waals surface area contributed by atoms with Crippen LogP contribution in [0.2, 0.25) is 0 Å². The van der Waals surface area contributed by atoms with Crippen LogP contribution in [-0.2, 0) is 4.79 Å². The lowest BCUT2D eigenvalue weighted by Gasteiger charge is -2.23. The number of nitrogens with zero attached hydrogens (tertiary/aromatic N) is 1. The van der Waals surface area contributed by atoms with E-state index in [4.69, 9.17) is 0 Å². The van der Waals surface area contributed by atoms with Gasteiger partial charge in [0.1, 0.15) is 11.6 Å². The lowest BCUT2D eigenvalue weighted by molar-refractivity contribution is -0.126. The number of hydrogen-bond donors (Lipinski definition) is 1. The van der Waals surface area contributed by atoms with Crippen molar-refractivity contribution in [3.05, 3.63) is 77.0 Å². The standard InChI is InChI=1S/C19H17F2NO2/c20-15-7-3-13(4-8-15)19(14-5-9-16(21)10-6-14)17(12-23)22-11-1-2-18(22)24/h3-10,23H,1-2,11-12H2. The van der Waals surface area contributed by atoms with Crippen LogP contribution in [0, 0.1) is 11.6 Å². The van der Waals surface area contributed by atoms with Gasteiger partial charge < -0.3 is 10.0 Å². The van der Waals surface area contributed by atoms with E-state index in [1.807, 2.05) is 0 Å². The van der Waals surface area contributed by atoms with Crippen LogP contribution in [0.5, 0.6) is 0 Å². The van der Waals surface area contributed by atoms with E-state index in [1.54, 1.807) is 29.2 Å². The molecule has 2 aromatic rings. The largest absolute Gasteiger partial charge is 0.390 e. The Bertz CT molecular complexity index is 719. The molecule has 24 heavy (non-hydrogen) atoms. The van der Waals surface area contributed by atoms with Crippen LogP contribution >= 0.6 is 0 Å². The molecule has 5 heteroatoms. The van der Waals surface area contributed by atoms with Crippen LogP contribution in [0.25, 0.3) is 5.57 Å². The fourth-order valence-electron chi connectivity index (χ4n) is 2.97. The molecule has 0 atom stereocenters. The Morgan fingerprint density at radius 2 is 1.46 bits per heavy atom. The van der Waals surface area contributed by atoms with Crippen molar-refractivity contribution in [2.45, 2.75) is 12.8 Å². The molecule has 1 fully saturated rings. The number of carbonyl (C=O) groups excluding carboxylic acids is 1. The highest BCUT2D eigenvalue weighted by molar-refractivity contribution is 5.87. The zero-order valence-electron chi connectivity index (χ0n) is 13.0. The molecule has 1 amide bonds. The summed E-state index contributed by atoms with van der Waals surface area (Å²) in [6.07, 6.45) is 1.16. The molecule has 0 saturated carbocycles. The van der Waals surface area contributed by atoms with E-state index in [9.17, 15) is 18.7 Å². The van der Waals surface area contributed by atoms with Gasteiger partial charge in [0.25, 0.3) is 0 Å². The molecule has 1 aliphatic heterocycles. The van der Waals surface area contributed by atoms with Crippen molar-refractivity contribution < 1.29 is 18.7 Å². The highest BCUT2D eigenvalue weighted by Crippen LogP contribution is 2.31. The summed E-state index contributed by atoms with van der Waals surface area (Å²) in [6, 6.07) is 11.6. The van der Waals surface area contributed by atoms with E-state index < -0.39 is 0 Å². The van der Waals surface area contributed by atoms with Gasteiger partial charge in [-0.3, -0.25) is 4.79 Å². The number of aliphatic hydroxyl groups is 1. The number of halogens is 2. The monoisotopic (exact) mass is 329 g/mol. The molecule has 3 rings (SSSR count). The SMILES string of the molecule is O=C1CCCN1C(CO)=C(c1ccc(F)cc1)c1ccc(F)cc1. The van der Waals surface area contributed by atoms with Crippen LogP contribution in [0.4, 0.5) is 8.78 Å². The molecule has 1 heterocycles. The smallest absolute Gasteiger partial charge is 0.226 e. The first-order valence-electron chi connectivity index (χ1n) is 7.76. The van der Waals surface area contributed by atoms with Crippen molar-refractivity contribution in [3.8, 4) is 0 Å². The Labute approximate surface area is 138 Å². The molecule has 1 N–H and O–H groups in total. The maximum atomic E-state index is 13.3. The molecule has 0 aliphatic carbocycles. The van der Waals surface area contributed by atoms with Gasteiger partial charge in [-0.2, -0.15) is 0 Å². The van der Waals surface area contributed by atoms with Gasteiger partial charge in [0.15, 0.2) is 0 Å². The van der Waals surface area contributed by atoms with E-state index in [0.717, 1.165) is 6.42 Å². The van der Waals surface area contributed by atoms with Gasteiger partial charge in [0.05, 0.1) is 12.3 Å². The third kappa shape index (κ3) is 3.21. The number of hydrogen-bond acceptors (Lipinski definition) is 2. The van der Waals surface area contributed by atoms with Gasteiger partial charge >= 0.3 is 0 Å². The fraction of sp³-hybridized carbons (Fsp3) is 0.211. The molecular weight excluding hydrogens is 312 g/mol. The summed E-state index contributed by atoms with van der Waals surface area (Å²) in [4.78, 5) is 13.7. The van der Waals surface area contributed by atoms with Crippen LogP contribution in [-0.4, -0.2) is 29.1 Å². The number of rotatable bonds is 4. The Hall–Kier alpha value is -2.53. The Kier molecular flexibility index (Phi) is 4.71. The second kappa shape index (κ2) is 6.93. The third-order valence-electron chi connectivity index (χ3n) is 4.10. The van der Waals surface area contributed by atoms with E-state index >= 15 is 0 Å². The summed E-state index contributed by atoms with van der Waals surface area (Å²) in [6.45, 7) is 0.191. The minimum atomic E-state index is -0.375. The zero-order chi connectivity index (χ0) is 17.1. The van der Waals surface area contributed by atoms with E-state index in [2.05, 4.69) is 0 Å². The molecule has 1 saturated heterocycles. The van der Waals surface area contributed by atoms with Crippen molar-refractivity contribution in [2.75, 3.05) is 13.2 Å². The Morgan fingerprint density at radius 1 is 0.958 bits per heavy atom. The van der Waals surface area contributed by atoms with Gasteiger partial charge in [-0.1, -0.05) is 24.3 Å². The van der Waals surface area contributed by atoms with Crippen molar-refractivity contribution >= 4 is 11.5 Å². The summed E-state index contributed by atoms with van der Waals surface area (Å²) < 4.78 is 26.5. The van der Waals surface area contributed by atoms with Gasteiger partial charge in [0, 0.05) is 18.5 Å². The topological polar surface area (TPSA) is 40.5 Å². The van der Waals surface area contributed by atoms with Crippen molar-refractivity contribution in [1.29, 1.82) is 0 Å².